The number of rotatable bonds is 3. The average Bonchev–Trinajstić information content (AvgIpc) is 3.04. The fourth-order valence-electron chi connectivity index (χ4n) is 2.76. The fraction of sp³-hybridized carbons (Fsp3) is 0.312. The van der Waals surface area contributed by atoms with Crippen LogP contribution < -0.4 is 4.74 Å². The molecule has 3 rings (SSSR count). The molecule has 0 bridgehead atoms. The van der Waals surface area contributed by atoms with Crippen LogP contribution in [-0.4, -0.2) is 34.4 Å². The van der Waals surface area contributed by atoms with Crippen LogP contribution in [0.2, 0.25) is 0 Å². The monoisotopic (exact) mass is 283 g/mol. The van der Waals surface area contributed by atoms with E-state index in [0.29, 0.717) is 5.69 Å². The van der Waals surface area contributed by atoms with Gasteiger partial charge in [-0.15, -0.1) is 0 Å². The predicted octanol–water partition coefficient (Wildman–Crippen LogP) is 2.46. The molecule has 2 heterocycles. The third-order valence-electron chi connectivity index (χ3n) is 3.77. The van der Waals surface area contributed by atoms with Crippen LogP contribution >= 0.6 is 0 Å². The lowest BCUT2D eigenvalue weighted by atomic mass is 10.0. The maximum Gasteiger partial charge on any atom is 0.274 e. The van der Waals surface area contributed by atoms with Crippen molar-refractivity contribution in [2.75, 3.05) is 13.7 Å². The molecule has 1 atom stereocenters. The first-order valence-electron chi connectivity index (χ1n) is 7.00. The van der Waals surface area contributed by atoms with Gasteiger partial charge in [-0.2, -0.15) is 0 Å². The van der Waals surface area contributed by atoms with E-state index in [-0.39, 0.29) is 11.9 Å². The molecule has 2 aromatic rings. The zero-order valence-electron chi connectivity index (χ0n) is 11.9. The van der Waals surface area contributed by atoms with Crippen LogP contribution in [0.25, 0.3) is 0 Å². The van der Waals surface area contributed by atoms with Crippen LogP contribution in [0.15, 0.2) is 42.9 Å². The second kappa shape index (κ2) is 5.91. The van der Waals surface area contributed by atoms with Gasteiger partial charge in [0.2, 0.25) is 0 Å². The van der Waals surface area contributed by atoms with Crippen molar-refractivity contribution in [2.45, 2.75) is 18.9 Å². The van der Waals surface area contributed by atoms with Crippen molar-refractivity contribution in [3.05, 3.63) is 54.1 Å². The second-order valence-corrected chi connectivity index (χ2v) is 5.02. The van der Waals surface area contributed by atoms with E-state index in [4.69, 9.17) is 4.74 Å². The molecule has 1 aromatic carbocycles. The van der Waals surface area contributed by atoms with Crippen LogP contribution in [-0.2, 0) is 0 Å². The molecule has 108 valence electrons. The minimum atomic E-state index is -0.0616. The van der Waals surface area contributed by atoms with Gasteiger partial charge in [0.05, 0.1) is 19.3 Å². The molecule has 1 fully saturated rings. The number of carbonyl (C=O) groups excluding carboxylic acids is 1. The van der Waals surface area contributed by atoms with E-state index in [1.165, 1.54) is 6.20 Å². The van der Waals surface area contributed by atoms with Gasteiger partial charge in [-0.25, -0.2) is 4.98 Å². The summed E-state index contributed by atoms with van der Waals surface area (Å²) in [5.74, 6) is 0.750. The highest BCUT2D eigenvalue weighted by atomic mass is 16.5. The largest absolute Gasteiger partial charge is 0.497 e. The molecule has 1 amide bonds. The Bertz CT molecular complexity index is 630. The van der Waals surface area contributed by atoms with Crippen LogP contribution in [0.4, 0.5) is 0 Å². The Kier molecular flexibility index (Phi) is 3.81. The zero-order valence-corrected chi connectivity index (χ0v) is 11.9. The van der Waals surface area contributed by atoms with Gasteiger partial charge in [0, 0.05) is 18.9 Å². The molecule has 5 heteroatoms. The Hall–Kier alpha value is -2.43. The van der Waals surface area contributed by atoms with Gasteiger partial charge >= 0.3 is 0 Å². The summed E-state index contributed by atoms with van der Waals surface area (Å²) in [4.78, 5) is 22.5. The summed E-state index contributed by atoms with van der Waals surface area (Å²) in [7, 11) is 1.65. The van der Waals surface area contributed by atoms with Crippen molar-refractivity contribution < 1.29 is 9.53 Å². The summed E-state index contributed by atoms with van der Waals surface area (Å²) in [6, 6.07) is 7.97. The summed E-state index contributed by atoms with van der Waals surface area (Å²) in [5, 5.41) is 0. The van der Waals surface area contributed by atoms with E-state index in [1.807, 2.05) is 29.2 Å². The summed E-state index contributed by atoms with van der Waals surface area (Å²) >= 11 is 0. The molecule has 0 aliphatic carbocycles. The molecule has 5 nitrogen and oxygen atoms in total. The standard InChI is InChI=1S/C16H17N3O2/c1-21-13-5-2-4-12(10-13)15-6-3-9-19(15)16(20)14-11-17-7-8-18-14/h2,4-5,7-8,10-11,15H,3,6,9H2,1H3/t15-/m0/s1. The maximum absolute atomic E-state index is 12.6. The minimum absolute atomic E-state index is 0.0616. The summed E-state index contributed by atoms with van der Waals surface area (Å²) < 4.78 is 5.27. The number of methoxy groups -OCH3 is 1. The Morgan fingerprint density at radius 3 is 3.05 bits per heavy atom. The van der Waals surface area contributed by atoms with E-state index in [0.717, 1.165) is 30.7 Å². The van der Waals surface area contributed by atoms with Crippen molar-refractivity contribution in [1.29, 1.82) is 0 Å². The summed E-state index contributed by atoms with van der Waals surface area (Å²) in [6.07, 6.45) is 6.58. The van der Waals surface area contributed by atoms with E-state index >= 15 is 0 Å². The first kappa shape index (κ1) is 13.5. The highest BCUT2D eigenvalue weighted by molar-refractivity contribution is 5.92. The first-order valence-corrected chi connectivity index (χ1v) is 7.00. The zero-order chi connectivity index (χ0) is 14.7. The second-order valence-electron chi connectivity index (χ2n) is 5.02. The van der Waals surface area contributed by atoms with Gasteiger partial charge in [-0.3, -0.25) is 9.78 Å². The number of ether oxygens (including phenoxy) is 1. The molecular weight excluding hydrogens is 266 g/mol. The first-order chi connectivity index (χ1) is 10.3. The fourth-order valence-corrected chi connectivity index (χ4v) is 2.76. The van der Waals surface area contributed by atoms with Gasteiger partial charge in [0.1, 0.15) is 11.4 Å². The maximum atomic E-state index is 12.6. The smallest absolute Gasteiger partial charge is 0.274 e. The normalized spacial score (nSPS) is 17.8. The third kappa shape index (κ3) is 2.72. The van der Waals surface area contributed by atoms with Crippen LogP contribution in [0, 0.1) is 0 Å². The molecule has 0 saturated carbocycles. The topological polar surface area (TPSA) is 55.3 Å². The number of amides is 1. The van der Waals surface area contributed by atoms with Gasteiger partial charge in [-0.1, -0.05) is 12.1 Å². The van der Waals surface area contributed by atoms with Crippen molar-refractivity contribution >= 4 is 5.91 Å². The Balaban J connectivity index is 1.87. The molecule has 0 unspecified atom stereocenters. The molecule has 1 aromatic heterocycles. The molecule has 0 spiro atoms. The summed E-state index contributed by atoms with van der Waals surface area (Å²) in [5.41, 5.74) is 1.50. The van der Waals surface area contributed by atoms with E-state index in [1.54, 1.807) is 19.5 Å². The highest BCUT2D eigenvalue weighted by Crippen LogP contribution is 2.34. The number of nitrogens with zero attached hydrogens (tertiary/aromatic N) is 3. The SMILES string of the molecule is COc1cccc([C@@H]2CCCN2C(=O)c2cnccn2)c1. The quantitative estimate of drug-likeness (QED) is 0.868. The van der Waals surface area contributed by atoms with Crippen LogP contribution in [0.3, 0.4) is 0 Å². The van der Waals surface area contributed by atoms with Crippen molar-refractivity contribution in [3.8, 4) is 5.75 Å². The molecule has 21 heavy (non-hydrogen) atoms. The molecule has 1 aliphatic heterocycles. The van der Waals surface area contributed by atoms with E-state index in [9.17, 15) is 4.79 Å². The van der Waals surface area contributed by atoms with Crippen molar-refractivity contribution in [3.63, 3.8) is 0 Å². The molecular formula is C16H17N3O2. The number of hydrogen-bond donors (Lipinski definition) is 0. The highest BCUT2D eigenvalue weighted by Gasteiger charge is 2.31. The van der Waals surface area contributed by atoms with Gasteiger partial charge in [0.15, 0.2) is 0 Å². The molecule has 1 saturated heterocycles. The van der Waals surface area contributed by atoms with E-state index in [2.05, 4.69) is 9.97 Å². The van der Waals surface area contributed by atoms with Gasteiger partial charge < -0.3 is 9.64 Å². The number of benzene rings is 1. The van der Waals surface area contributed by atoms with E-state index < -0.39 is 0 Å². The molecule has 1 aliphatic rings. The lowest BCUT2D eigenvalue weighted by Gasteiger charge is -2.25. The average molecular weight is 283 g/mol. The minimum Gasteiger partial charge on any atom is -0.497 e. The number of aromatic nitrogens is 2. The number of hydrogen-bond acceptors (Lipinski definition) is 4. The lowest BCUT2D eigenvalue weighted by molar-refractivity contribution is 0.0729. The number of carbonyl (C=O) groups is 1. The van der Waals surface area contributed by atoms with Crippen molar-refractivity contribution in [1.82, 2.24) is 14.9 Å². The lowest BCUT2D eigenvalue weighted by Crippen LogP contribution is -2.31. The van der Waals surface area contributed by atoms with Gasteiger partial charge in [-0.05, 0) is 30.5 Å². The Morgan fingerprint density at radius 2 is 2.29 bits per heavy atom. The molecule has 0 N–H and O–H groups in total. The van der Waals surface area contributed by atoms with Gasteiger partial charge in [0.25, 0.3) is 5.91 Å². The van der Waals surface area contributed by atoms with Crippen LogP contribution in [0.5, 0.6) is 5.75 Å². The Labute approximate surface area is 123 Å². The third-order valence-corrected chi connectivity index (χ3v) is 3.77. The number of likely N-dealkylation sites (tertiary alicyclic amines) is 1. The summed E-state index contributed by atoms with van der Waals surface area (Å²) in [6.45, 7) is 0.747. The molecule has 0 radical (unpaired) electrons. The predicted molar refractivity (Wildman–Crippen MR) is 78.0 cm³/mol. The Morgan fingerprint density at radius 1 is 1.38 bits per heavy atom. The van der Waals surface area contributed by atoms with Crippen molar-refractivity contribution in [2.24, 2.45) is 0 Å². The van der Waals surface area contributed by atoms with Crippen LogP contribution in [0.1, 0.15) is 34.9 Å².